The molecule has 12 atom stereocenters. The molecule has 2 aliphatic rings. The van der Waals surface area contributed by atoms with Crippen molar-refractivity contribution in [2.24, 2.45) is 0 Å². The Hall–Kier alpha value is -1.27. The van der Waals surface area contributed by atoms with Crippen molar-refractivity contribution in [1.29, 1.82) is 0 Å². The van der Waals surface area contributed by atoms with Crippen LogP contribution >= 0.6 is 0 Å². The van der Waals surface area contributed by atoms with E-state index < -0.39 is 86.8 Å². The molecule has 0 aromatic carbocycles. The van der Waals surface area contributed by atoms with Crippen LogP contribution < -0.4 is 5.32 Å². The number of hydrogen-bond donors (Lipinski definition) is 9. The first-order valence-corrected chi connectivity index (χ1v) is 33.4. The van der Waals surface area contributed by atoms with Crippen molar-refractivity contribution in [3.8, 4) is 0 Å². The molecular formula is C65H125NO13. The monoisotopic (exact) mass is 1130 g/mol. The fourth-order valence-electron chi connectivity index (χ4n) is 11.4. The van der Waals surface area contributed by atoms with E-state index in [2.05, 4.69) is 31.3 Å². The number of amides is 1. The molecule has 79 heavy (non-hydrogen) atoms. The SMILES string of the molecule is CCCCCCCCCC/C=C\CCCCCCCCCCCCCCCCCCCCCCCCCCCCCCCC(=O)NC(COC1OC(CO)C(OC2OC(CO)C(O)C(O)C2O)C(O)C1O)C(O)CCCCCC. The number of ether oxygens (including phenoxy) is 4. The van der Waals surface area contributed by atoms with Crippen LogP contribution in [0, 0.1) is 0 Å². The van der Waals surface area contributed by atoms with Crippen LogP contribution in [0.3, 0.4) is 0 Å². The number of carbonyl (C=O) groups is 1. The van der Waals surface area contributed by atoms with Crippen LogP contribution in [0.1, 0.15) is 303 Å². The van der Waals surface area contributed by atoms with Crippen molar-refractivity contribution < 1.29 is 64.6 Å². The molecule has 1 amide bonds. The van der Waals surface area contributed by atoms with E-state index in [1.807, 2.05) is 0 Å². The summed E-state index contributed by atoms with van der Waals surface area (Å²) in [6.45, 7) is 2.75. The number of nitrogens with one attached hydrogen (secondary N) is 1. The molecule has 0 aliphatic carbocycles. The van der Waals surface area contributed by atoms with Gasteiger partial charge in [-0.15, -0.1) is 0 Å². The summed E-state index contributed by atoms with van der Waals surface area (Å²) < 4.78 is 22.6. The molecule has 2 aliphatic heterocycles. The molecule has 0 bridgehead atoms. The van der Waals surface area contributed by atoms with Gasteiger partial charge >= 0.3 is 0 Å². The fraction of sp³-hybridized carbons (Fsp3) is 0.954. The summed E-state index contributed by atoms with van der Waals surface area (Å²) in [5.41, 5.74) is 0. The molecule has 0 aromatic heterocycles. The van der Waals surface area contributed by atoms with Crippen LogP contribution in [0.4, 0.5) is 0 Å². The Kier molecular flexibility index (Phi) is 47.8. The van der Waals surface area contributed by atoms with E-state index in [-0.39, 0.29) is 12.5 Å². The van der Waals surface area contributed by atoms with Gasteiger partial charge < -0.3 is 65.1 Å². The summed E-state index contributed by atoms with van der Waals surface area (Å²) in [6, 6.07) is -0.820. The highest BCUT2D eigenvalue weighted by Gasteiger charge is 2.51. The van der Waals surface area contributed by atoms with Crippen LogP contribution in [-0.2, 0) is 23.7 Å². The molecule has 2 fully saturated rings. The van der Waals surface area contributed by atoms with Gasteiger partial charge in [0.15, 0.2) is 12.6 Å². The number of carbonyl (C=O) groups excluding carboxylic acids is 1. The smallest absolute Gasteiger partial charge is 0.220 e. The van der Waals surface area contributed by atoms with E-state index >= 15 is 0 Å². The van der Waals surface area contributed by atoms with Gasteiger partial charge in [-0.2, -0.15) is 0 Å². The van der Waals surface area contributed by atoms with Crippen molar-refractivity contribution >= 4 is 5.91 Å². The van der Waals surface area contributed by atoms with Gasteiger partial charge in [0.2, 0.25) is 5.91 Å². The van der Waals surface area contributed by atoms with Crippen molar-refractivity contribution in [2.45, 2.75) is 376 Å². The van der Waals surface area contributed by atoms with Crippen LogP contribution in [-0.4, -0.2) is 140 Å². The average molecular weight is 1130 g/mol. The molecule has 0 aromatic rings. The normalized spacial score (nSPS) is 24.4. The minimum absolute atomic E-state index is 0.210. The standard InChI is InChI=1S/C65H125NO13/c1-3-5-7-9-10-11-12-13-14-15-16-17-18-19-20-21-22-23-24-25-26-27-28-29-30-31-32-33-34-35-36-37-38-39-40-41-42-43-44-45-47-49-57(70)66-53(54(69)48-46-8-6-4-2)52-76-64-62(75)60(73)63(56(51-68)78-64)79-65-61(74)59(72)58(71)55(50-67)77-65/h15-16,53-56,58-65,67-69,71-75H,3-14,17-52H2,1-2H3,(H,66,70)/b16-15-. The van der Waals surface area contributed by atoms with E-state index in [1.165, 1.54) is 225 Å². The maximum atomic E-state index is 13.1. The van der Waals surface area contributed by atoms with Gasteiger partial charge in [-0.1, -0.05) is 270 Å². The van der Waals surface area contributed by atoms with Gasteiger partial charge in [-0.05, 0) is 38.5 Å². The van der Waals surface area contributed by atoms with Gasteiger partial charge in [0.25, 0.3) is 0 Å². The first kappa shape index (κ1) is 73.8. The highest BCUT2D eigenvalue weighted by atomic mass is 16.7. The Balaban J connectivity index is 1.41. The summed E-state index contributed by atoms with van der Waals surface area (Å²) in [5.74, 6) is -0.210. The molecule has 9 N–H and O–H groups in total. The Bertz CT molecular complexity index is 1380. The highest BCUT2D eigenvalue weighted by Crippen LogP contribution is 2.30. The maximum absolute atomic E-state index is 13.1. The summed E-state index contributed by atoms with van der Waals surface area (Å²) >= 11 is 0. The van der Waals surface area contributed by atoms with Crippen molar-refractivity contribution in [2.75, 3.05) is 19.8 Å². The van der Waals surface area contributed by atoms with Crippen LogP contribution in [0.15, 0.2) is 12.2 Å². The second-order valence-electron chi connectivity index (χ2n) is 24.0. The summed E-state index contributed by atoms with van der Waals surface area (Å²) in [7, 11) is 0. The lowest BCUT2D eigenvalue weighted by Gasteiger charge is -2.46. The van der Waals surface area contributed by atoms with Crippen molar-refractivity contribution in [3.63, 3.8) is 0 Å². The second kappa shape index (κ2) is 51.2. The zero-order valence-corrected chi connectivity index (χ0v) is 50.6. The molecule has 0 saturated carbocycles. The largest absolute Gasteiger partial charge is 0.394 e. The summed E-state index contributed by atoms with van der Waals surface area (Å²) in [6.07, 6.45) is 45.2. The lowest BCUT2D eigenvalue weighted by molar-refractivity contribution is -0.359. The van der Waals surface area contributed by atoms with Gasteiger partial charge in [0.05, 0.1) is 32.0 Å². The van der Waals surface area contributed by atoms with E-state index in [0.717, 1.165) is 51.4 Å². The minimum atomic E-state index is -1.78. The molecular weight excluding hydrogens is 1000 g/mol. The average Bonchev–Trinajstić information content (AvgIpc) is 3.45. The van der Waals surface area contributed by atoms with Gasteiger partial charge in [0.1, 0.15) is 48.8 Å². The molecule has 2 saturated heterocycles. The lowest BCUT2D eigenvalue weighted by Crippen LogP contribution is -2.65. The lowest BCUT2D eigenvalue weighted by atomic mass is 9.97. The zero-order valence-electron chi connectivity index (χ0n) is 50.6. The molecule has 12 unspecified atom stereocenters. The van der Waals surface area contributed by atoms with Gasteiger partial charge in [-0.3, -0.25) is 4.79 Å². The van der Waals surface area contributed by atoms with Crippen LogP contribution in [0.25, 0.3) is 0 Å². The number of aliphatic hydroxyl groups is 8. The fourth-order valence-corrected chi connectivity index (χ4v) is 11.4. The zero-order chi connectivity index (χ0) is 57.4. The minimum Gasteiger partial charge on any atom is -0.394 e. The van der Waals surface area contributed by atoms with Crippen LogP contribution in [0.5, 0.6) is 0 Å². The molecule has 468 valence electrons. The predicted octanol–water partition coefficient (Wildman–Crippen LogP) is 12.6. The molecule has 0 radical (unpaired) electrons. The number of aliphatic hydroxyl groups excluding tert-OH is 8. The Labute approximate surface area is 482 Å². The number of allylic oxidation sites excluding steroid dienone is 2. The first-order chi connectivity index (χ1) is 38.6. The topological polar surface area (TPSA) is 228 Å². The van der Waals surface area contributed by atoms with Gasteiger partial charge in [0, 0.05) is 6.42 Å². The number of unbranched alkanes of at least 4 members (excludes halogenated alkanes) is 40. The molecule has 14 heteroatoms. The Morgan fingerprint density at radius 1 is 0.443 bits per heavy atom. The Morgan fingerprint density at radius 2 is 0.797 bits per heavy atom. The van der Waals surface area contributed by atoms with Crippen molar-refractivity contribution in [1.82, 2.24) is 5.32 Å². The molecule has 14 nitrogen and oxygen atoms in total. The van der Waals surface area contributed by atoms with E-state index in [4.69, 9.17) is 18.9 Å². The molecule has 2 rings (SSSR count). The summed E-state index contributed by atoms with van der Waals surface area (Å²) in [4.78, 5) is 13.1. The van der Waals surface area contributed by atoms with E-state index in [0.29, 0.717) is 12.8 Å². The third-order valence-electron chi connectivity index (χ3n) is 16.7. The van der Waals surface area contributed by atoms with Crippen LogP contribution in [0.2, 0.25) is 0 Å². The molecule has 0 spiro atoms. The number of hydrogen-bond acceptors (Lipinski definition) is 13. The molecule has 2 heterocycles. The first-order valence-electron chi connectivity index (χ1n) is 33.4. The number of rotatable bonds is 55. The third kappa shape index (κ3) is 36.2. The third-order valence-corrected chi connectivity index (χ3v) is 16.7. The van der Waals surface area contributed by atoms with Gasteiger partial charge in [-0.25, -0.2) is 0 Å². The quantitative estimate of drug-likeness (QED) is 0.0204. The van der Waals surface area contributed by atoms with E-state index in [1.54, 1.807) is 0 Å². The second-order valence-corrected chi connectivity index (χ2v) is 24.0. The highest BCUT2D eigenvalue weighted by molar-refractivity contribution is 5.76. The predicted molar refractivity (Wildman–Crippen MR) is 319 cm³/mol. The van der Waals surface area contributed by atoms with E-state index in [9.17, 15) is 45.6 Å². The van der Waals surface area contributed by atoms with Crippen molar-refractivity contribution in [3.05, 3.63) is 12.2 Å². The Morgan fingerprint density at radius 3 is 1.20 bits per heavy atom. The summed E-state index contributed by atoms with van der Waals surface area (Å²) in [5, 5.41) is 86.5. The maximum Gasteiger partial charge on any atom is 0.220 e.